The number of hydrogen-bond donors (Lipinski definition) is 0. The van der Waals surface area contributed by atoms with E-state index in [1.165, 1.54) is 17.3 Å². The van der Waals surface area contributed by atoms with Crippen LogP contribution >= 0.6 is 0 Å². The number of piperazine rings is 1. The van der Waals surface area contributed by atoms with Gasteiger partial charge in [-0.15, -0.1) is 0 Å². The summed E-state index contributed by atoms with van der Waals surface area (Å²) in [5, 5.41) is 0. The molecule has 3 nitrogen and oxygen atoms in total. The van der Waals surface area contributed by atoms with Crippen molar-refractivity contribution in [1.82, 2.24) is 4.90 Å². The monoisotopic (exact) mass is 312 g/mol. The smallest absolute Gasteiger partial charge is 0.254 e. The highest BCUT2D eigenvalue weighted by atomic mass is 19.1. The minimum Gasteiger partial charge on any atom is -0.368 e. The van der Waals surface area contributed by atoms with Gasteiger partial charge < -0.3 is 9.80 Å². The van der Waals surface area contributed by atoms with Crippen LogP contribution in [0.3, 0.4) is 0 Å². The van der Waals surface area contributed by atoms with Crippen molar-refractivity contribution < 1.29 is 9.18 Å². The average Bonchev–Trinajstić information content (AvgIpc) is 2.57. The number of rotatable bonds is 2. The molecule has 0 N–H and O–H groups in total. The number of halogens is 1. The van der Waals surface area contributed by atoms with Gasteiger partial charge in [-0.1, -0.05) is 23.8 Å². The number of benzene rings is 2. The molecule has 1 fully saturated rings. The maximum Gasteiger partial charge on any atom is 0.254 e. The van der Waals surface area contributed by atoms with Crippen molar-refractivity contribution in [1.29, 1.82) is 0 Å². The van der Waals surface area contributed by atoms with E-state index < -0.39 is 0 Å². The van der Waals surface area contributed by atoms with E-state index in [4.69, 9.17) is 0 Å². The van der Waals surface area contributed by atoms with Gasteiger partial charge in [0.15, 0.2) is 0 Å². The predicted octanol–water partition coefficient (Wildman–Crippen LogP) is 3.40. The first-order valence-electron chi connectivity index (χ1n) is 7.91. The predicted molar refractivity (Wildman–Crippen MR) is 90.4 cm³/mol. The number of anilines is 1. The maximum absolute atomic E-state index is 13.6. The maximum atomic E-state index is 13.6. The molecule has 0 spiro atoms. The van der Waals surface area contributed by atoms with Crippen LogP contribution in [0.15, 0.2) is 42.5 Å². The lowest BCUT2D eigenvalue weighted by Gasteiger charge is -2.36. The van der Waals surface area contributed by atoms with Gasteiger partial charge in [0.05, 0.1) is 0 Å². The van der Waals surface area contributed by atoms with E-state index in [0.29, 0.717) is 24.2 Å². The summed E-state index contributed by atoms with van der Waals surface area (Å²) in [6.45, 7) is 6.67. The molecule has 2 aromatic carbocycles. The fourth-order valence-electron chi connectivity index (χ4n) is 2.83. The van der Waals surface area contributed by atoms with Gasteiger partial charge in [-0.3, -0.25) is 4.79 Å². The molecule has 0 unspecified atom stereocenters. The SMILES string of the molecule is Cc1ccc(N2CCN(C(=O)c3ccc(C)c(F)c3)CC2)cc1. The second kappa shape index (κ2) is 6.41. The molecule has 0 aliphatic carbocycles. The molecule has 0 saturated carbocycles. The second-order valence-electron chi connectivity index (χ2n) is 6.08. The molecular formula is C19H21FN2O. The first kappa shape index (κ1) is 15.5. The summed E-state index contributed by atoms with van der Waals surface area (Å²) in [7, 11) is 0. The van der Waals surface area contributed by atoms with Gasteiger partial charge in [0.2, 0.25) is 0 Å². The molecule has 1 heterocycles. The molecule has 1 aliphatic rings. The number of carbonyl (C=O) groups is 1. The lowest BCUT2D eigenvalue weighted by molar-refractivity contribution is 0.0746. The van der Waals surface area contributed by atoms with Crippen molar-refractivity contribution in [3.05, 3.63) is 65.0 Å². The van der Waals surface area contributed by atoms with Crippen LogP contribution in [0.25, 0.3) is 0 Å². The van der Waals surface area contributed by atoms with E-state index in [2.05, 4.69) is 36.1 Å². The Kier molecular flexibility index (Phi) is 4.33. The topological polar surface area (TPSA) is 23.6 Å². The minimum absolute atomic E-state index is 0.0903. The number of carbonyl (C=O) groups excluding carboxylic acids is 1. The highest BCUT2D eigenvalue weighted by molar-refractivity contribution is 5.94. The Morgan fingerprint density at radius 3 is 2.22 bits per heavy atom. The van der Waals surface area contributed by atoms with Crippen molar-refractivity contribution in [2.45, 2.75) is 13.8 Å². The molecule has 3 rings (SSSR count). The van der Waals surface area contributed by atoms with E-state index >= 15 is 0 Å². The zero-order chi connectivity index (χ0) is 16.4. The normalized spacial score (nSPS) is 14.9. The molecule has 0 bridgehead atoms. The van der Waals surface area contributed by atoms with Gasteiger partial charge in [-0.25, -0.2) is 4.39 Å². The molecule has 0 atom stereocenters. The summed E-state index contributed by atoms with van der Waals surface area (Å²) in [5.41, 5.74) is 3.41. The Hall–Kier alpha value is -2.36. The molecule has 1 aliphatic heterocycles. The Morgan fingerprint density at radius 1 is 0.957 bits per heavy atom. The third-order valence-electron chi connectivity index (χ3n) is 4.38. The quantitative estimate of drug-likeness (QED) is 0.848. The highest BCUT2D eigenvalue weighted by Crippen LogP contribution is 2.18. The number of nitrogens with zero attached hydrogens (tertiary/aromatic N) is 2. The van der Waals surface area contributed by atoms with Crippen LogP contribution in [0.5, 0.6) is 0 Å². The zero-order valence-corrected chi connectivity index (χ0v) is 13.6. The number of aryl methyl sites for hydroxylation is 2. The van der Waals surface area contributed by atoms with Gasteiger partial charge in [0.1, 0.15) is 5.82 Å². The molecule has 1 saturated heterocycles. The third kappa shape index (κ3) is 3.36. The fourth-order valence-corrected chi connectivity index (χ4v) is 2.83. The van der Waals surface area contributed by atoms with Crippen LogP contribution in [0.4, 0.5) is 10.1 Å². The summed E-state index contributed by atoms with van der Waals surface area (Å²) < 4.78 is 13.6. The average molecular weight is 312 g/mol. The van der Waals surface area contributed by atoms with E-state index in [9.17, 15) is 9.18 Å². The van der Waals surface area contributed by atoms with Crippen molar-refractivity contribution in [3.8, 4) is 0 Å². The summed E-state index contributed by atoms with van der Waals surface area (Å²) in [5.74, 6) is -0.415. The van der Waals surface area contributed by atoms with E-state index in [-0.39, 0.29) is 11.7 Å². The minimum atomic E-state index is -0.325. The summed E-state index contributed by atoms with van der Waals surface area (Å²) in [6, 6.07) is 13.1. The first-order chi connectivity index (χ1) is 11.0. The van der Waals surface area contributed by atoms with Crippen LogP contribution in [-0.2, 0) is 0 Å². The molecule has 0 aromatic heterocycles. The Morgan fingerprint density at radius 2 is 1.61 bits per heavy atom. The van der Waals surface area contributed by atoms with Crippen LogP contribution in [0, 0.1) is 19.7 Å². The largest absolute Gasteiger partial charge is 0.368 e. The molecule has 120 valence electrons. The highest BCUT2D eigenvalue weighted by Gasteiger charge is 2.22. The van der Waals surface area contributed by atoms with Crippen molar-refractivity contribution in [2.24, 2.45) is 0 Å². The standard InChI is InChI=1S/C19H21FN2O/c1-14-3-7-17(8-4-14)21-9-11-22(12-10-21)19(23)16-6-5-15(2)18(20)13-16/h3-8,13H,9-12H2,1-2H3. The zero-order valence-electron chi connectivity index (χ0n) is 13.6. The van der Waals surface area contributed by atoms with E-state index in [1.807, 2.05) is 0 Å². The number of amides is 1. The van der Waals surface area contributed by atoms with Crippen LogP contribution < -0.4 is 4.90 Å². The van der Waals surface area contributed by atoms with Gasteiger partial charge in [0.25, 0.3) is 5.91 Å². The van der Waals surface area contributed by atoms with Crippen LogP contribution in [0.2, 0.25) is 0 Å². The van der Waals surface area contributed by atoms with E-state index in [0.717, 1.165) is 13.1 Å². The Bertz CT molecular complexity index is 704. The molecule has 0 radical (unpaired) electrons. The van der Waals surface area contributed by atoms with E-state index in [1.54, 1.807) is 24.0 Å². The van der Waals surface area contributed by atoms with Gasteiger partial charge in [-0.05, 0) is 43.7 Å². The molecule has 4 heteroatoms. The molecular weight excluding hydrogens is 291 g/mol. The Labute approximate surface area is 136 Å². The van der Waals surface area contributed by atoms with Crippen molar-refractivity contribution in [3.63, 3.8) is 0 Å². The van der Waals surface area contributed by atoms with Crippen molar-refractivity contribution in [2.75, 3.05) is 31.1 Å². The van der Waals surface area contributed by atoms with Gasteiger partial charge >= 0.3 is 0 Å². The summed E-state index contributed by atoms with van der Waals surface area (Å²) >= 11 is 0. The fraction of sp³-hybridized carbons (Fsp3) is 0.316. The molecule has 1 amide bonds. The Balaban J connectivity index is 1.65. The lowest BCUT2D eigenvalue weighted by Crippen LogP contribution is -2.48. The van der Waals surface area contributed by atoms with Crippen LogP contribution in [-0.4, -0.2) is 37.0 Å². The van der Waals surface area contributed by atoms with Crippen molar-refractivity contribution >= 4 is 11.6 Å². The lowest BCUT2D eigenvalue weighted by atomic mass is 10.1. The molecule has 23 heavy (non-hydrogen) atoms. The van der Waals surface area contributed by atoms with Crippen LogP contribution in [0.1, 0.15) is 21.5 Å². The molecule has 2 aromatic rings. The third-order valence-corrected chi connectivity index (χ3v) is 4.38. The van der Waals surface area contributed by atoms with Gasteiger partial charge in [-0.2, -0.15) is 0 Å². The second-order valence-corrected chi connectivity index (χ2v) is 6.08. The first-order valence-corrected chi connectivity index (χ1v) is 7.91. The number of hydrogen-bond acceptors (Lipinski definition) is 2. The summed E-state index contributed by atoms with van der Waals surface area (Å²) in [4.78, 5) is 16.6. The van der Waals surface area contributed by atoms with Gasteiger partial charge in [0, 0.05) is 37.4 Å². The summed E-state index contributed by atoms with van der Waals surface area (Å²) in [6.07, 6.45) is 0.